The molecule has 154 valence electrons. The van der Waals surface area contributed by atoms with Crippen molar-refractivity contribution in [2.75, 3.05) is 19.4 Å². The molecule has 0 bridgehead atoms. The Morgan fingerprint density at radius 2 is 1.86 bits per heavy atom. The smallest absolute Gasteiger partial charge is 0.216 e. The first-order valence-electron chi connectivity index (χ1n) is 10.0. The lowest BCUT2D eigenvalue weighted by atomic mass is 10.0. The summed E-state index contributed by atoms with van der Waals surface area (Å²) in [5.74, 6) is 0.780. The second-order valence-electron chi connectivity index (χ2n) is 7.37. The molecule has 1 unspecified atom stereocenters. The van der Waals surface area contributed by atoms with Crippen LogP contribution in [0, 0.1) is 0 Å². The number of para-hydroxylation sites is 1. The summed E-state index contributed by atoms with van der Waals surface area (Å²) in [6.45, 7) is 0.839. The van der Waals surface area contributed by atoms with Crippen molar-refractivity contribution in [2.24, 2.45) is 0 Å². The van der Waals surface area contributed by atoms with E-state index in [4.69, 9.17) is 4.74 Å². The summed E-state index contributed by atoms with van der Waals surface area (Å²) in [5, 5.41) is 8.25. The van der Waals surface area contributed by atoms with E-state index in [0.717, 1.165) is 48.0 Å². The average molecular weight is 415 g/mol. The predicted octanol–water partition coefficient (Wildman–Crippen LogP) is 3.39. The highest BCUT2D eigenvalue weighted by molar-refractivity contribution is 7.89. The summed E-state index contributed by atoms with van der Waals surface area (Å²) in [4.78, 5) is 0. The van der Waals surface area contributed by atoms with Crippen LogP contribution in [0.3, 0.4) is 0 Å². The third-order valence-electron chi connectivity index (χ3n) is 5.54. The van der Waals surface area contributed by atoms with Gasteiger partial charge in [-0.3, -0.25) is 0 Å². The van der Waals surface area contributed by atoms with Crippen molar-refractivity contribution >= 4 is 21.1 Å². The van der Waals surface area contributed by atoms with Gasteiger partial charge in [0.1, 0.15) is 11.3 Å². The Morgan fingerprint density at radius 1 is 1.07 bits per heavy atom. The Kier molecular flexibility index (Phi) is 5.82. The van der Waals surface area contributed by atoms with E-state index in [1.165, 1.54) is 0 Å². The second-order valence-corrected chi connectivity index (χ2v) is 9.41. The van der Waals surface area contributed by atoms with E-state index >= 15 is 0 Å². The normalized spacial score (nSPS) is 18.6. The molecule has 4 rings (SSSR count). The van der Waals surface area contributed by atoms with E-state index in [2.05, 4.69) is 10.3 Å². The van der Waals surface area contributed by atoms with Crippen molar-refractivity contribution < 1.29 is 13.2 Å². The number of hydrogen-bond acceptors (Lipinski definition) is 5. The lowest BCUT2D eigenvalue weighted by molar-refractivity contribution is 0.327. The molecule has 0 spiro atoms. The van der Waals surface area contributed by atoms with E-state index < -0.39 is 10.0 Å². The maximum atomic E-state index is 13.3. The van der Waals surface area contributed by atoms with Crippen molar-refractivity contribution in [3.63, 3.8) is 0 Å². The van der Waals surface area contributed by atoms with Crippen molar-refractivity contribution in [1.82, 2.24) is 19.3 Å². The van der Waals surface area contributed by atoms with Gasteiger partial charge in [-0.1, -0.05) is 42.3 Å². The fourth-order valence-corrected chi connectivity index (χ4v) is 5.64. The number of ether oxygens (including phenoxy) is 1. The lowest BCUT2D eigenvalue weighted by Gasteiger charge is -2.29. The first kappa shape index (κ1) is 19.8. The zero-order valence-corrected chi connectivity index (χ0v) is 17.4. The van der Waals surface area contributed by atoms with Crippen LogP contribution in [0.15, 0.2) is 48.5 Å². The SMILES string of the molecule is COc1ccc(C2CCCCCN2S(=O)(=O)CCn2nnc3ccccc32)cc1. The van der Waals surface area contributed by atoms with Crippen LogP contribution < -0.4 is 4.74 Å². The molecule has 1 saturated heterocycles. The number of aryl methyl sites for hydroxylation is 1. The number of hydrogen-bond donors (Lipinski definition) is 0. The van der Waals surface area contributed by atoms with E-state index in [1.54, 1.807) is 16.1 Å². The molecular formula is C21H26N4O3S. The highest BCUT2D eigenvalue weighted by Crippen LogP contribution is 2.33. The lowest BCUT2D eigenvalue weighted by Crippen LogP contribution is -2.37. The van der Waals surface area contributed by atoms with Gasteiger partial charge in [0.05, 0.1) is 24.9 Å². The molecular weight excluding hydrogens is 388 g/mol. The van der Waals surface area contributed by atoms with E-state index in [9.17, 15) is 8.42 Å². The van der Waals surface area contributed by atoms with Crippen LogP contribution in [0.4, 0.5) is 0 Å². The topological polar surface area (TPSA) is 77.3 Å². The molecule has 0 N–H and O–H groups in total. The van der Waals surface area contributed by atoms with E-state index in [-0.39, 0.29) is 18.3 Å². The van der Waals surface area contributed by atoms with Crippen molar-refractivity contribution in [1.29, 1.82) is 0 Å². The first-order chi connectivity index (χ1) is 14.1. The highest BCUT2D eigenvalue weighted by atomic mass is 32.2. The minimum atomic E-state index is -3.45. The van der Waals surface area contributed by atoms with Crippen LogP contribution in [-0.4, -0.2) is 47.1 Å². The third kappa shape index (κ3) is 4.28. The van der Waals surface area contributed by atoms with Gasteiger partial charge in [0, 0.05) is 12.6 Å². The molecule has 7 nitrogen and oxygen atoms in total. The molecule has 1 aromatic heterocycles. The van der Waals surface area contributed by atoms with Gasteiger partial charge < -0.3 is 4.74 Å². The van der Waals surface area contributed by atoms with Crippen LogP contribution in [0.1, 0.15) is 37.3 Å². The molecule has 1 atom stereocenters. The molecule has 1 aliphatic rings. The quantitative estimate of drug-likeness (QED) is 0.618. The van der Waals surface area contributed by atoms with Crippen LogP contribution in [0.2, 0.25) is 0 Å². The minimum Gasteiger partial charge on any atom is -0.497 e. The Balaban J connectivity index is 1.56. The molecule has 1 fully saturated rings. The summed E-state index contributed by atoms with van der Waals surface area (Å²) >= 11 is 0. The van der Waals surface area contributed by atoms with Crippen molar-refractivity contribution in [3.05, 3.63) is 54.1 Å². The van der Waals surface area contributed by atoms with Gasteiger partial charge in [0.2, 0.25) is 10.0 Å². The summed E-state index contributed by atoms with van der Waals surface area (Å²) in [6, 6.07) is 15.2. The zero-order valence-electron chi connectivity index (χ0n) is 16.6. The number of sulfonamides is 1. The molecule has 29 heavy (non-hydrogen) atoms. The zero-order chi connectivity index (χ0) is 20.3. The van der Waals surface area contributed by atoms with Gasteiger partial charge >= 0.3 is 0 Å². The van der Waals surface area contributed by atoms with Crippen LogP contribution >= 0.6 is 0 Å². The monoisotopic (exact) mass is 414 g/mol. The van der Waals surface area contributed by atoms with Gasteiger partial charge in [-0.05, 0) is 42.7 Å². The minimum absolute atomic E-state index is 0.00695. The molecule has 1 aliphatic heterocycles. The number of fused-ring (bicyclic) bond motifs is 1. The van der Waals surface area contributed by atoms with Gasteiger partial charge in [0.25, 0.3) is 0 Å². The van der Waals surface area contributed by atoms with Gasteiger partial charge in [0.15, 0.2) is 0 Å². The molecule has 0 amide bonds. The summed E-state index contributed by atoms with van der Waals surface area (Å²) < 4.78 is 35.2. The molecule has 8 heteroatoms. The van der Waals surface area contributed by atoms with Crippen LogP contribution in [0.5, 0.6) is 5.75 Å². The highest BCUT2D eigenvalue weighted by Gasteiger charge is 2.32. The van der Waals surface area contributed by atoms with Gasteiger partial charge in [-0.15, -0.1) is 5.10 Å². The van der Waals surface area contributed by atoms with Gasteiger partial charge in [-0.25, -0.2) is 13.1 Å². The maximum absolute atomic E-state index is 13.3. The molecule has 2 aromatic carbocycles. The second kappa shape index (κ2) is 8.51. The molecule has 0 radical (unpaired) electrons. The number of methoxy groups -OCH3 is 1. The Hall–Kier alpha value is -2.45. The standard InChI is InChI=1S/C21H26N4O3S/c1-28-18-12-10-17(11-13-18)20-8-3-2-6-14-25(20)29(26,27)16-15-24-21-9-5-4-7-19(21)22-23-24/h4-5,7,9-13,20H,2-3,6,8,14-16H2,1H3. The first-order valence-corrected chi connectivity index (χ1v) is 11.6. The van der Waals surface area contributed by atoms with E-state index in [1.807, 2.05) is 48.5 Å². The number of rotatable bonds is 6. The fraction of sp³-hybridized carbons (Fsp3) is 0.429. The average Bonchev–Trinajstić information content (AvgIpc) is 2.99. The maximum Gasteiger partial charge on any atom is 0.216 e. The molecule has 3 aromatic rings. The van der Waals surface area contributed by atoms with Gasteiger partial charge in [-0.2, -0.15) is 4.31 Å². The van der Waals surface area contributed by atoms with Crippen molar-refractivity contribution in [2.45, 2.75) is 38.3 Å². The summed E-state index contributed by atoms with van der Waals surface area (Å²) in [6.07, 6.45) is 3.79. The Labute approximate surface area is 171 Å². The van der Waals surface area contributed by atoms with Crippen molar-refractivity contribution in [3.8, 4) is 5.75 Å². The molecule has 2 heterocycles. The Morgan fingerprint density at radius 3 is 2.66 bits per heavy atom. The van der Waals surface area contributed by atoms with Crippen LogP contribution in [0.25, 0.3) is 11.0 Å². The number of nitrogens with zero attached hydrogens (tertiary/aromatic N) is 4. The predicted molar refractivity (Wildman–Crippen MR) is 112 cm³/mol. The number of benzene rings is 2. The summed E-state index contributed by atoms with van der Waals surface area (Å²) in [7, 11) is -1.82. The number of aromatic nitrogens is 3. The Bertz CT molecular complexity index is 1060. The summed E-state index contributed by atoms with van der Waals surface area (Å²) in [5.41, 5.74) is 2.64. The molecule has 0 aliphatic carbocycles. The van der Waals surface area contributed by atoms with E-state index in [0.29, 0.717) is 6.54 Å². The van der Waals surface area contributed by atoms with Crippen LogP contribution in [-0.2, 0) is 16.6 Å². The fourth-order valence-electron chi connectivity index (χ4n) is 3.98. The molecule has 0 saturated carbocycles. The largest absolute Gasteiger partial charge is 0.497 e. The third-order valence-corrected chi connectivity index (χ3v) is 7.39.